The SMILES string of the molecule is COc1ccc(C2NC(=O)N(CC(C)C)C(C)=C2c2nc(-c3ccc(C)cc3)no2)cc1OC. The molecule has 178 valence electrons. The highest BCUT2D eigenvalue weighted by molar-refractivity contribution is 5.87. The van der Waals surface area contributed by atoms with Crippen LogP contribution >= 0.6 is 0 Å². The van der Waals surface area contributed by atoms with Crippen LogP contribution in [0.1, 0.15) is 43.8 Å². The average molecular weight is 463 g/mol. The van der Waals surface area contributed by atoms with Crippen molar-refractivity contribution in [2.45, 2.75) is 33.7 Å². The smallest absolute Gasteiger partial charge is 0.322 e. The second-order valence-electron chi connectivity index (χ2n) is 8.79. The summed E-state index contributed by atoms with van der Waals surface area (Å²) in [5.41, 5.74) is 4.36. The van der Waals surface area contributed by atoms with Crippen LogP contribution in [0.3, 0.4) is 0 Å². The number of urea groups is 1. The van der Waals surface area contributed by atoms with Gasteiger partial charge in [0.1, 0.15) is 0 Å². The Morgan fingerprint density at radius 2 is 1.76 bits per heavy atom. The van der Waals surface area contributed by atoms with Crippen LogP contribution in [0.5, 0.6) is 11.5 Å². The summed E-state index contributed by atoms with van der Waals surface area (Å²) in [7, 11) is 3.17. The number of ether oxygens (including phenoxy) is 2. The van der Waals surface area contributed by atoms with Gasteiger partial charge in [0.25, 0.3) is 5.89 Å². The molecule has 2 amide bonds. The summed E-state index contributed by atoms with van der Waals surface area (Å²) < 4.78 is 16.6. The van der Waals surface area contributed by atoms with Crippen LogP contribution in [-0.2, 0) is 0 Å². The van der Waals surface area contributed by atoms with Gasteiger partial charge in [0.15, 0.2) is 11.5 Å². The number of nitrogens with zero attached hydrogens (tertiary/aromatic N) is 3. The number of rotatable bonds is 7. The summed E-state index contributed by atoms with van der Waals surface area (Å²) in [4.78, 5) is 19.5. The van der Waals surface area contributed by atoms with Gasteiger partial charge in [-0.1, -0.05) is 54.9 Å². The van der Waals surface area contributed by atoms with E-state index in [-0.39, 0.29) is 11.9 Å². The summed E-state index contributed by atoms with van der Waals surface area (Å²) in [6.07, 6.45) is 0. The molecule has 0 bridgehead atoms. The molecule has 34 heavy (non-hydrogen) atoms. The predicted octanol–water partition coefficient (Wildman–Crippen LogP) is 5.22. The normalized spacial score (nSPS) is 16.1. The quantitative estimate of drug-likeness (QED) is 0.518. The zero-order valence-corrected chi connectivity index (χ0v) is 20.4. The number of nitrogens with one attached hydrogen (secondary N) is 1. The van der Waals surface area contributed by atoms with Gasteiger partial charge in [0, 0.05) is 17.8 Å². The average Bonchev–Trinajstić information content (AvgIpc) is 3.31. The van der Waals surface area contributed by atoms with Crippen LogP contribution in [0.4, 0.5) is 4.79 Å². The van der Waals surface area contributed by atoms with Crippen molar-refractivity contribution in [1.29, 1.82) is 0 Å². The number of benzene rings is 2. The molecule has 0 saturated carbocycles. The molecule has 4 rings (SSSR count). The third-order valence-electron chi connectivity index (χ3n) is 5.85. The van der Waals surface area contributed by atoms with Gasteiger partial charge in [-0.2, -0.15) is 4.98 Å². The number of aryl methyl sites for hydroxylation is 1. The van der Waals surface area contributed by atoms with E-state index < -0.39 is 6.04 Å². The molecule has 0 fully saturated rings. The van der Waals surface area contributed by atoms with E-state index in [2.05, 4.69) is 24.3 Å². The van der Waals surface area contributed by atoms with Gasteiger partial charge in [-0.05, 0) is 37.5 Å². The molecule has 2 aromatic carbocycles. The van der Waals surface area contributed by atoms with E-state index >= 15 is 0 Å². The molecule has 1 atom stereocenters. The Hall–Kier alpha value is -3.81. The van der Waals surface area contributed by atoms with Gasteiger partial charge in [-0.25, -0.2) is 4.79 Å². The zero-order valence-electron chi connectivity index (χ0n) is 20.4. The Bertz CT molecular complexity index is 1210. The first kappa shape index (κ1) is 23.4. The number of hydrogen-bond donors (Lipinski definition) is 1. The highest BCUT2D eigenvalue weighted by Crippen LogP contribution is 2.40. The van der Waals surface area contributed by atoms with E-state index in [9.17, 15) is 4.79 Å². The molecule has 0 aliphatic carbocycles. The number of aromatic nitrogens is 2. The van der Waals surface area contributed by atoms with Crippen LogP contribution in [0.15, 0.2) is 52.7 Å². The van der Waals surface area contributed by atoms with E-state index in [0.29, 0.717) is 29.8 Å². The minimum atomic E-state index is -0.498. The highest BCUT2D eigenvalue weighted by atomic mass is 16.5. The molecule has 0 spiro atoms. The maximum Gasteiger partial charge on any atom is 0.322 e. The second kappa shape index (κ2) is 9.59. The first-order valence-corrected chi connectivity index (χ1v) is 11.2. The number of carbonyl (C=O) groups excluding carboxylic acids is 1. The van der Waals surface area contributed by atoms with E-state index in [1.54, 1.807) is 19.1 Å². The third-order valence-corrected chi connectivity index (χ3v) is 5.85. The largest absolute Gasteiger partial charge is 0.493 e. The molecule has 1 N–H and O–H groups in total. The minimum absolute atomic E-state index is 0.173. The lowest BCUT2D eigenvalue weighted by atomic mass is 9.94. The second-order valence-corrected chi connectivity index (χ2v) is 8.79. The molecular formula is C26H30N4O4. The summed E-state index contributed by atoms with van der Waals surface area (Å²) in [5, 5.41) is 7.34. The van der Waals surface area contributed by atoms with E-state index in [1.165, 1.54) is 0 Å². The summed E-state index contributed by atoms with van der Waals surface area (Å²) in [6.45, 7) is 8.66. The van der Waals surface area contributed by atoms with Crippen LogP contribution in [0.25, 0.3) is 17.0 Å². The van der Waals surface area contributed by atoms with E-state index in [1.807, 2.05) is 56.3 Å². The summed E-state index contributed by atoms with van der Waals surface area (Å²) in [5.74, 6) is 2.32. The van der Waals surface area contributed by atoms with Crippen LogP contribution in [0.2, 0.25) is 0 Å². The van der Waals surface area contributed by atoms with Crippen molar-refractivity contribution in [3.8, 4) is 22.9 Å². The molecule has 1 aliphatic heterocycles. The first-order valence-electron chi connectivity index (χ1n) is 11.2. The van der Waals surface area contributed by atoms with E-state index in [0.717, 1.165) is 28.0 Å². The molecule has 2 heterocycles. The van der Waals surface area contributed by atoms with Crippen LogP contribution in [-0.4, -0.2) is 41.8 Å². The monoisotopic (exact) mass is 462 g/mol. The van der Waals surface area contributed by atoms with Gasteiger partial charge >= 0.3 is 6.03 Å². The fraction of sp³-hybridized carbons (Fsp3) is 0.346. The van der Waals surface area contributed by atoms with Crippen LogP contribution < -0.4 is 14.8 Å². The zero-order chi connectivity index (χ0) is 24.4. The van der Waals surface area contributed by atoms with Crippen molar-refractivity contribution in [2.75, 3.05) is 20.8 Å². The van der Waals surface area contributed by atoms with E-state index in [4.69, 9.17) is 19.0 Å². The van der Waals surface area contributed by atoms with Crippen molar-refractivity contribution in [3.63, 3.8) is 0 Å². The Morgan fingerprint density at radius 3 is 2.41 bits per heavy atom. The van der Waals surface area contributed by atoms with Gasteiger partial charge in [0.2, 0.25) is 5.82 Å². The van der Waals surface area contributed by atoms with Crippen molar-refractivity contribution in [2.24, 2.45) is 5.92 Å². The molecule has 8 nitrogen and oxygen atoms in total. The lowest BCUT2D eigenvalue weighted by molar-refractivity contribution is 0.199. The standard InChI is InChI=1S/C26H30N4O4/c1-15(2)14-30-17(4)22(25-28-24(29-34-25)18-9-7-16(3)8-10-18)23(27-26(30)31)19-11-12-20(32-5)21(13-19)33-6/h7-13,15,23H,14H2,1-6H3,(H,27,31). The Labute approximate surface area is 199 Å². The number of hydrogen-bond acceptors (Lipinski definition) is 6. The molecule has 0 radical (unpaired) electrons. The molecule has 1 aliphatic rings. The molecule has 1 unspecified atom stereocenters. The van der Waals surface area contributed by atoms with Crippen molar-refractivity contribution < 1.29 is 18.8 Å². The molecule has 0 saturated heterocycles. The third kappa shape index (κ3) is 4.48. The van der Waals surface area contributed by atoms with Crippen molar-refractivity contribution >= 4 is 11.6 Å². The molecule has 8 heteroatoms. The van der Waals surface area contributed by atoms with Crippen molar-refractivity contribution in [1.82, 2.24) is 20.4 Å². The molecule has 1 aromatic heterocycles. The van der Waals surface area contributed by atoms with Gasteiger partial charge in [-0.3, -0.25) is 4.90 Å². The summed E-state index contributed by atoms with van der Waals surface area (Å²) in [6, 6.07) is 12.8. The minimum Gasteiger partial charge on any atom is -0.493 e. The molecular weight excluding hydrogens is 432 g/mol. The fourth-order valence-electron chi connectivity index (χ4n) is 4.08. The maximum atomic E-state index is 13.1. The Morgan fingerprint density at radius 1 is 1.06 bits per heavy atom. The van der Waals surface area contributed by atoms with Gasteiger partial charge < -0.3 is 19.3 Å². The number of carbonyl (C=O) groups is 1. The number of amides is 2. The first-order chi connectivity index (χ1) is 16.3. The fourth-order valence-corrected chi connectivity index (χ4v) is 4.08. The molecule has 3 aromatic rings. The Kier molecular flexibility index (Phi) is 6.58. The number of methoxy groups -OCH3 is 2. The number of allylic oxidation sites excluding steroid dienone is 1. The summed E-state index contributed by atoms with van der Waals surface area (Å²) >= 11 is 0. The highest BCUT2D eigenvalue weighted by Gasteiger charge is 2.36. The predicted molar refractivity (Wildman–Crippen MR) is 129 cm³/mol. The topological polar surface area (TPSA) is 89.7 Å². The maximum absolute atomic E-state index is 13.1. The van der Waals surface area contributed by atoms with Gasteiger partial charge in [-0.15, -0.1) is 0 Å². The van der Waals surface area contributed by atoms with Crippen LogP contribution in [0, 0.1) is 12.8 Å². The lowest BCUT2D eigenvalue weighted by Gasteiger charge is -2.36. The lowest BCUT2D eigenvalue weighted by Crippen LogP contribution is -2.47. The Balaban J connectivity index is 1.82. The van der Waals surface area contributed by atoms with Gasteiger partial charge in [0.05, 0.1) is 25.8 Å². The van der Waals surface area contributed by atoms with Crippen molar-refractivity contribution in [3.05, 3.63) is 65.2 Å².